The maximum Gasteiger partial charge on any atom is 0.0990 e. The summed E-state index contributed by atoms with van der Waals surface area (Å²) in [5.74, 6) is 0. The highest BCUT2D eigenvalue weighted by Gasteiger charge is 2.42. The van der Waals surface area contributed by atoms with Gasteiger partial charge >= 0.3 is 0 Å². The monoisotopic (exact) mass is 238 g/mol. The molecule has 1 aromatic rings. The van der Waals surface area contributed by atoms with Crippen LogP contribution in [0.1, 0.15) is 56.1 Å². The van der Waals surface area contributed by atoms with E-state index in [1.54, 1.807) is 0 Å². The predicted molar refractivity (Wildman–Crippen MR) is 70.1 cm³/mol. The Morgan fingerprint density at radius 1 is 1.44 bits per heavy atom. The number of nitrogens with zero attached hydrogens (tertiary/aromatic N) is 1. The lowest BCUT2D eigenvalue weighted by Crippen LogP contribution is -2.21. The van der Waals surface area contributed by atoms with E-state index in [9.17, 15) is 0 Å². The number of aryl methyl sites for hydroxylation is 1. The van der Waals surface area contributed by atoms with E-state index >= 15 is 0 Å². The Balaban J connectivity index is 2.13. The van der Waals surface area contributed by atoms with Gasteiger partial charge in [-0.1, -0.05) is 27.7 Å². The molecule has 3 heteroatoms. The van der Waals surface area contributed by atoms with E-state index < -0.39 is 0 Å². The SMILES string of the molecule is CCc1nc(C2(C)CC2)sc1CNC(C)C. The fourth-order valence-corrected chi connectivity index (χ4v) is 3.06. The van der Waals surface area contributed by atoms with Crippen LogP contribution in [-0.2, 0) is 18.4 Å². The van der Waals surface area contributed by atoms with E-state index in [1.807, 2.05) is 11.3 Å². The van der Waals surface area contributed by atoms with Gasteiger partial charge in [0.2, 0.25) is 0 Å². The first kappa shape index (κ1) is 12.1. The molecule has 0 unspecified atom stereocenters. The molecule has 0 spiro atoms. The minimum absolute atomic E-state index is 0.421. The van der Waals surface area contributed by atoms with Gasteiger partial charge in [0.05, 0.1) is 10.7 Å². The Kier molecular flexibility index (Phi) is 3.36. The standard InChI is InChI=1S/C13H22N2S/c1-5-10-11(8-14-9(2)3)16-12(15-10)13(4)6-7-13/h9,14H,5-8H2,1-4H3. The molecule has 1 heterocycles. The van der Waals surface area contributed by atoms with Crippen LogP contribution in [-0.4, -0.2) is 11.0 Å². The second-order valence-corrected chi connectivity index (χ2v) is 6.42. The first-order chi connectivity index (χ1) is 7.55. The minimum atomic E-state index is 0.421. The lowest BCUT2D eigenvalue weighted by molar-refractivity contribution is 0.590. The summed E-state index contributed by atoms with van der Waals surface area (Å²) in [5.41, 5.74) is 1.73. The molecule has 0 bridgehead atoms. The smallest absolute Gasteiger partial charge is 0.0990 e. The van der Waals surface area contributed by atoms with Gasteiger partial charge in [-0.2, -0.15) is 0 Å². The lowest BCUT2D eigenvalue weighted by Gasteiger charge is -2.06. The second-order valence-electron chi connectivity index (χ2n) is 5.34. The summed E-state index contributed by atoms with van der Waals surface area (Å²) in [6.45, 7) is 9.90. The third-order valence-electron chi connectivity index (χ3n) is 3.30. The maximum absolute atomic E-state index is 4.82. The highest BCUT2D eigenvalue weighted by molar-refractivity contribution is 7.12. The van der Waals surface area contributed by atoms with E-state index in [0.717, 1.165) is 13.0 Å². The summed E-state index contributed by atoms with van der Waals surface area (Å²) >= 11 is 1.92. The van der Waals surface area contributed by atoms with Crippen molar-refractivity contribution in [1.29, 1.82) is 0 Å². The summed E-state index contributed by atoms with van der Waals surface area (Å²) in [7, 11) is 0. The molecule has 0 saturated heterocycles. The number of aromatic nitrogens is 1. The van der Waals surface area contributed by atoms with Crippen LogP contribution in [0.2, 0.25) is 0 Å². The third-order valence-corrected chi connectivity index (χ3v) is 4.70. The Bertz CT molecular complexity index is 364. The number of hydrogen-bond donors (Lipinski definition) is 1. The predicted octanol–water partition coefficient (Wildman–Crippen LogP) is 3.26. The molecule has 0 radical (unpaired) electrons. The topological polar surface area (TPSA) is 24.9 Å². The van der Waals surface area contributed by atoms with E-state index in [4.69, 9.17) is 4.98 Å². The molecule has 1 fully saturated rings. The van der Waals surface area contributed by atoms with Crippen LogP contribution in [0.4, 0.5) is 0 Å². The van der Waals surface area contributed by atoms with Gasteiger partial charge in [0.1, 0.15) is 0 Å². The maximum atomic E-state index is 4.82. The van der Waals surface area contributed by atoms with Crippen molar-refractivity contribution in [2.75, 3.05) is 0 Å². The van der Waals surface area contributed by atoms with Gasteiger partial charge < -0.3 is 5.32 Å². The van der Waals surface area contributed by atoms with Crippen molar-refractivity contribution in [3.8, 4) is 0 Å². The Labute approximate surface area is 102 Å². The van der Waals surface area contributed by atoms with E-state index in [2.05, 4.69) is 33.0 Å². The molecule has 1 saturated carbocycles. The molecule has 1 aliphatic carbocycles. The summed E-state index contributed by atoms with van der Waals surface area (Å²) in [6.07, 6.45) is 3.70. The van der Waals surface area contributed by atoms with E-state index in [-0.39, 0.29) is 0 Å². The average Bonchev–Trinajstić information content (AvgIpc) is 2.84. The van der Waals surface area contributed by atoms with Gasteiger partial charge in [-0.3, -0.25) is 0 Å². The summed E-state index contributed by atoms with van der Waals surface area (Å²) in [5, 5.41) is 4.86. The molecule has 0 amide bonds. The van der Waals surface area contributed by atoms with Crippen LogP contribution in [0.15, 0.2) is 0 Å². The molecule has 2 rings (SSSR count). The number of nitrogens with one attached hydrogen (secondary N) is 1. The Morgan fingerprint density at radius 2 is 2.12 bits per heavy atom. The van der Waals surface area contributed by atoms with Crippen molar-refractivity contribution in [1.82, 2.24) is 10.3 Å². The normalized spacial score (nSPS) is 18.1. The van der Waals surface area contributed by atoms with Crippen molar-refractivity contribution in [2.45, 2.75) is 65.0 Å². The fourth-order valence-electron chi connectivity index (χ4n) is 1.75. The zero-order chi connectivity index (χ0) is 11.8. The fraction of sp³-hybridized carbons (Fsp3) is 0.769. The van der Waals surface area contributed by atoms with Crippen LogP contribution in [0.3, 0.4) is 0 Å². The van der Waals surface area contributed by atoms with Gasteiger partial charge in [-0.15, -0.1) is 11.3 Å². The quantitative estimate of drug-likeness (QED) is 0.851. The number of thiazole rings is 1. The highest BCUT2D eigenvalue weighted by atomic mass is 32.1. The largest absolute Gasteiger partial charge is 0.310 e. The molecule has 1 aliphatic rings. The molecular weight excluding hydrogens is 216 g/mol. The summed E-state index contributed by atoms with van der Waals surface area (Å²) in [6, 6.07) is 0.548. The average molecular weight is 238 g/mol. The minimum Gasteiger partial charge on any atom is -0.310 e. The molecule has 0 atom stereocenters. The molecule has 0 aromatic carbocycles. The van der Waals surface area contributed by atoms with Crippen LogP contribution in [0.25, 0.3) is 0 Å². The summed E-state index contributed by atoms with van der Waals surface area (Å²) in [4.78, 5) is 6.26. The van der Waals surface area contributed by atoms with Gasteiger partial charge in [0, 0.05) is 22.9 Å². The van der Waals surface area contributed by atoms with Crippen molar-refractivity contribution in [3.63, 3.8) is 0 Å². The molecule has 1 N–H and O–H groups in total. The first-order valence-corrected chi connectivity index (χ1v) is 7.09. The third kappa shape index (κ3) is 2.46. The highest BCUT2D eigenvalue weighted by Crippen LogP contribution is 2.49. The number of hydrogen-bond acceptors (Lipinski definition) is 3. The molecular formula is C13H22N2S. The van der Waals surface area contributed by atoms with Gasteiger partial charge in [0.15, 0.2) is 0 Å². The van der Waals surface area contributed by atoms with Crippen LogP contribution < -0.4 is 5.32 Å². The van der Waals surface area contributed by atoms with Crippen molar-refractivity contribution >= 4 is 11.3 Å². The molecule has 1 aromatic heterocycles. The van der Waals surface area contributed by atoms with E-state index in [1.165, 1.54) is 28.4 Å². The Morgan fingerprint density at radius 3 is 2.62 bits per heavy atom. The van der Waals surface area contributed by atoms with Crippen LogP contribution in [0.5, 0.6) is 0 Å². The van der Waals surface area contributed by atoms with Crippen molar-refractivity contribution in [3.05, 3.63) is 15.6 Å². The van der Waals surface area contributed by atoms with Crippen molar-refractivity contribution in [2.24, 2.45) is 0 Å². The van der Waals surface area contributed by atoms with Crippen LogP contribution >= 0.6 is 11.3 Å². The lowest BCUT2D eigenvalue weighted by atomic mass is 10.1. The van der Waals surface area contributed by atoms with E-state index in [0.29, 0.717) is 11.5 Å². The first-order valence-electron chi connectivity index (χ1n) is 6.27. The number of rotatable bonds is 5. The molecule has 2 nitrogen and oxygen atoms in total. The van der Waals surface area contributed by atoms with Crippen LogP contribution in [0, 0.1) is 0 Å². The van der Waals surface area contributed by atoms with Gasteiger partial charge in [0.25, 0.3) is 0 Å². The zero-order valence-electron chi connectivity index (χ0n) is 10.8. The zero-order valence-corrected chi connectivity index (χ0v) is 11.6. The Hall–Kier alpha value is -0.410. The van der Waals surface area contributed by atoms with Gasteiger partial charge in [-0.05, 0) is 19.3 Å². The summed E-state index contributed by atoms with van der Waals surface area (Å²) < 4.78 is 0. The van der Waals surface area contributed by atoms with Crippen molar-refractivity contribution < 1.29 is 0 Å². The second kappa shape index (κ2) is 4.46. The molecule has 90 valence electrons. The van der Waals surface area contributed by atoms with Gasteiger partial charge in [-0.25, -0.2) is 4.98 Å². The molecule has 0 aliphatic heterocycles. The molecule has 16 heavy (non-hydrogen) atoms.